The van der Waals surface area contributed by atoms with Crippen molar-refractivity contribution in [3.8, 4) is 0 Å². The van der Waals surface area contributed by atoms with E-state index in [-0.39, 0.29) is 17.0 Å². The van der Waals surface area contributed by atoms with E-state index in [4.69, 9.17) is 4.74 Å². The Bertz CT molecular complexity index is 516. The zero-order valence-corrected chi connectivity index (χ0v) is 13.9. The highest BCUT2D eigenvalue weighted by atomic mass is 79.9. The number of carbonyl (C=O) groups is 1. The van der Waals surface area contributed by atoms with Crippen molar-refractivity contribution in [3.63, 3.8) is 0 Å². The Morgan fingerprint density at radius 2 is 2.10 bits per heavy atom. The molecule has 1 fully saturated rings. The van der Waals surface area contributed by atoms with Crippen molar-refractivity contribution in [1.82, 2.24) is 10.2 Å². The summed E-state index contributed by atoms with van der Waals surface area (Å²) in [6, 6.07) is 4.36. The van der Waals surface area contributed by atoms with Gasteiger partial charge in [0, 0.05) is 29.8 Å². The van der Waals surface area contributed by atoms with Crippen LogP contribution in [0, 0.1) is 5.82 Å². The van der Waals surface area contributed by atoms with Gasteiger partial charge in [0.2, 0.25) is 0 Å². The fraction of sp³-hybridized carbons (Fsp3) is 0.533. The highest BCUT2D eigenvalue weighted by Gasteiger charge is 2.35. The summed E-state index contributed by atoms with van der Waals surface area (Å²) in [4.78, 5) is 14.3. The summed E-state index contributed by atoms with van der Waals surface area (Å²) in [6.07, 6.45) is 1.70. The van der Waals surface area contributed by atoms with Crippen LogP contribution < -0.4 is 5.32 Å². The van der Waals surface area contributed by atoms with Crippen LogP contribution >= 0.6 is 15.9 Å². The van der Waals surface area contributed by atoms with Gasteiger partial charge in [-0.3, -0.25) is 4.79 Å². The van der Waals surface area contributed by atoms with Crippen LogP contribution in [0.15, 0.2) is 22.7 Å². The number of amides is 1. The molecule has 0 saturated carbocycles. The van der Waals surface area contributed by atoms with Crippen LogP contribution in [0.1, 0.15) is 23.2 Å². The molecule has 0 radical (unpaired) electrons. The number of halogens is 2. The zero-order valence-electron chi connectivity index (χ0n) is 12.3. The highest BCUT2D eigenvalue weighted by Crippen LogP contribution is 2.25. The minimum atomic E-state index is -0.512. The number of likely N-dealkylation sites (N-methyl/N-ethyl adjacent to an activating group) is 1. The monoisotopic (exact) mass is 358 g/mol. The Morgan fingerprint density at radius 1 is 1.43 bits per heavy atom. The Morgan fingerprint density at radius 3 is 2.71 bits per heavy atom. The van der Waals surface area contributed by atoms with Crippen LogP contribution in [0.25, 0.3) is 0 Å². The average molecular weight is 359 g/mol. The first kappa shape index (κ1) is 16.4. The lowest BCUT2D eigenvalue weighted by atomic mass is 9.88. The van der Waals surface area contributed by atoms with Gasteiger partial charge < -0.3 is 15.0 Å². The molecule has 1 aliphatic heterocycles. The van der Waals surface area contributed by atoms with Crippen molar-refractivity contribution >= 4 is 21.8 Å². The zero-order chi connectivity index (χ0) is 15.5. The van der Waals surface area contributed by atoms with E-state index < -0.39 is 5.82 Å². The van der Waals surface area contributed by atoms with Gasteiger partial charge in [0.25, 0.3) is 5.91 Å². The Kier molecular flexibility index (Phi) is 5.35. The summed E-state index contributed by atoms with van der Waals surface area (Å²) in [6.45, 7) is 1.84. The van der Waals surface area contributed by atoms with E-state index >= 15 is 0 Å². The van der Waals surface area contributed by atoms with Gasteiger partial charge in [-0.25, -0.2) is 4.39 Å². The predicted molar refractivity (Wildman–Crippen MR) is 82.9 cm³/mol. The lowest BCUT2D eigenvalue weighted by Crippen LogP contribution is -2.55. The number of hydrogen-bond donors (Lipinski definition) is 1. The summed E-state index contributed by atoms with van der Waals surface area (Å²) in [5.41, 5.74) is -0.0681. The second-order valence-electron chi connectivity index (χ2n) is 5.54. The molecule has 1 amide bonds. The van der Waals surface area contributed by atoms with Crippen molar-refractivity contribution in [2.75, 3.05) is 33.9 Å². The number of hydrogen-bond acceptors (Lipinski definition) is 3. The van der Waals surface area contributed by atoms with Gasteiger partial charge >= 0.3 is 0 Å². The van der Waals surface area contributed by atoms with Gasteiger partial charge in [0.05, 0.1) is 5.56 Å². The number of benzene rings is 1. The number of nitrogens with zero attached hydrogens (tertiary/aromatic N) is 1. The average Bonchev–Trinajstić information content (AvgIpc) is 2.48. The molecule has 1 saturated heterocycles. The molecule has 0 aromatic heterocycles. The molecule has 0 spiro atoms. The lowest BCUT2D eigenvalue weighted by Gasteiger charge is -2.42. The number of ether oxygens (including phenoxy) is 1. The molecule has 1 heterocycles. The smallest absolute Gasteiger partial charge is 0.254 e. The van der Waals surface area contributed by atoms with Gasteiger partial charge in [-0.2, -0.15) is 0 Å². The van der Waals surface area contributed by atoms with E-state index in [0.29, 0.717) is 24.2 Å². The maximum atomic E-state index is 13.7. The van der Waals surface area contributed by atoms with Gasteiger partial charge in [-0.15, -0.1) is 0 Å². The number of nitrogens with one attached hydrogen (secondary N) is 1. The van der Waals surface area contributed by atoms with Gasteiger partial charge in [-0.1, -0.05) is 15.9 Å². The molecule has 1 aromatic carbocycles. The molecule has 0 unspecified atom stereocenters. The first-order chi connectivity index (χ1) is 9.94. The Labute approximate surface area is 132 Å². The van der Waals surface area contributed by atoms with Crippen molar-refractivity contribution < 1.29 is 13.9 Å². The van der Waals surface area contributed by atoms with Crippen LogP contribution in [0.3, 0.4) is 0 Å². The maximum Gasteiger partial charge on any atom is 0.254 e. The number of carbonyl (C=O) groups excluding carboxylic acids is 1. The van der Waals surface area contributed by atoms with Gasteiger partial charge in [-0.05, 0) is 45.1 Å². The summed E-state index contributed by atoms with van der Waals surface area (Å²) >= 11 is 3.25. The van der Waals surface area contributed by atoms with Crippen LogP contribution in [-0.2, 0) is 4.74 Å². The van der Waals surface area contributed by atoms with Crippen molar-refractivity contribution in [1.29, 1.82) is 0 Å². The van der Waals surface area contributed by atoms with Crippen LogP contribution in [0.5, 0.6) is 0 Å². The van der Waals surface area contributed by atoms with Crippen molar-refractivity contribution in [2.24, 2.45) is 0 Å². The molecule has 0 bridgehead atoms. The van der Waals surface area contributed by atoms with Crippen molar-refractivity contribution in [2.45, 2.75) is 18.4 Å². The van der Waals surface area contributed by atoms with Crippen LogP contribution in [0.2, 0.25) is 0 Å². The number of rotatable bonds is 4. The van der Waals surface area contributed by atoms with E-state index in [9.17, 15) is 9.18 Å². The second kappa shape index (κ2) is 6.85. The molecular weight excluding hydrogens is 339 g/mol. The Balaban J connectivity index is 2.07. The van der Waals surface area contributed by atoms with Crippen LogP contribution in [0.4, 0.5) is 4.39 Å². The highest BCUT2D eigenvalue weighted by molar-refractivity contribution is 9.10. The normalized spacial score (nSPS) is 17.8. The minimum Gasteiger partial charge on any atom is -0.381 e. The van der Waals surface area contributed by atoms with Gasteiger partial charge in [0.1, 0.15) is 5.82 Å². The second-order valence-corrected chi connectivity index (χ2v) is 6.45. The van der Waals surface area contributed by atoms with E-state index in [1.165, 1.54) is 12.1 Å². The topological polar surface area (TPSA) is 41.6 Å². The van der Waals surface area contributed by atoms with Crippen molar-refractivity contribution in [3.05, 3.63) is 34.1 Å². The first-order valence-corrected chi connectivity index (χ1v) is 7.72. The third-order valence-electron chi connectivity index (χ3n) is 4.12. The van der Waals surface area contributed by atoms with E-state index in [1.807, 2.05) is 14.1 Å². The van der Waals surface area contributed by atoms with Gasteiger partial charge in [0.15, 0.2) is 0 Å². The predicted octanol–water partition coefficient (Wildman–Crippen LogP) is 2.43. The molecule has 2 rings (SSSR count). The molecule has 21 heavy (non-hydrogen) atoms. The standard InChI is InChI=1S/C15H20BrFN2O2/c1-19(2)15(5-7-21-8-6-15)10-18-14(20)12-9-11(16)3-4-13(12)17/h3-4,9H,5-8,10H2,1-2H3,(H,18,20). The van der Waals surface area contributed by atoms with E-state index in [0.717, 1.165) is 12.8 Å². The summed E-state index contributed by atoms with van der Waals surface area (Å²) < 4.78 is 19.8. The minimum absolute atomic E-state index is 0.0605. The Hall–Kier alpha value is -0.980. The van der Waals surface area contributed by atoms with E-state index in [2.05, 4.69) is 26.1 Å². The fourth-order valence-electron chi connectivity index (χ4n) is 2.55. The molecule has 4 nitrogen and oxygen atoms in total. The lowest BCUT2D eigenvalue weighted by molar-refractivity contribution is -0.00659. The molecule has 6 heteroatoms. The largest absolute Gasteiger partial charge is 0.381 e. The van der Waals surface area contributed by atoms with Crippen LogP contribution in [-0.4, -0.2) is 50.2 Å². The molecule has 116 valence electrons. The molecule has 1 aromatic rings. The molecule has 0 aliphatic carbocycles. The quantitative estimate of drug-likeness (QED) is 0.898. The molecule has 1 N–H and O–H groups in total. The first-order valence-electron chi connectivity index (χ1n) is 6.93. The molecule has 1 aliphatic rings. The third-order valence-corrected chi connectivity index (χ3v) is 4.62. The SMILES string of the molecule is CN(C)C1(CNC(=O)c2cc(Br)ccc2F)CCOCC1. The molecule has 0 atom stereocenters. The fourth-order valence-corrected chi connectivity index (χ4v) is 2.91. The third kappa shape index (κ3) is 3.81. The summed E-state index contributed by atoms with van der Waals surface area (Å²) in [7, 11) is 3.99. The van der Waals surface area contributed by atoms with E-state index in [1.54, 1.807) is 6.07 Å². The summed E-state index contributed by atoms with van der Waals surface area (Å²) in [5.74, 6) is -0.900. The maximum absolute atomic E-state index is 13.7. The summed E-state index contributed by atoms with van der Waals surface area (Å²) in [5, 5.41) is 2.86. The molecular formula is C15H20BrFN2O2.